The molecule has 1 aliphatic carbocycles. The minimum absolute atomic E-state index is 0.170. The fourth-order valence-corrected chi connectivity index (χ4v) is 3.67. The predicted octanol–water partition coefficient (Wildman–Crippen LogP) is 2.37. The average Bonchev–Trinajstić information content (AvgIpc) is 2.48. The van der Waals surface area contributed by atoms with E-state index in [1.807, 2.05) is 19.1 Å². The lowest BCUT2D eigenvalue weighted by molar-refractivity contribution is 0.239. The third kappa shape index (κ3) is 2.27. The second-order valence-electron chi connectivity index (χ2n) is 6.05. The number of piperazine rings is 1. The Hall–Kier alpha value is -1.60. The van der Waals surface area contributed by atoms with Crippen molar-refractivity contribution >= 4 is 5.82 Å². The van der Waals surface area contributed by atoms with Crippen molar-refractivity contribution in [3.05, 3.63) is 23.4 Å². The molecule has 0 aromatic carbocycles. The number of hydrogen-bond donors (Lipinski definition) is 1. The van der Waals surface area contributed by atoms with Crippen LogP contribution in [0.3, 0.4) is 0 Å². The van der Waals surface area contributed by atoms with Crippen LogP contribution in [0.2, 0.25) is 0 Å². The fraction of sp³-hybridized carbons (Fsp3) is 0.625. The van der Waals surface area contributed by atoms with Gasteiger partial charge in [0, 0.05) is 25.3 Å². The van der Waals surface area contributed by atoms with Crippen molar-refractivity contribution in [2.45, 2.75) is 44.6 Å². The number of hydrogen-bond acceptors (Lipinski definition) is 4. The summed E-state index contributed by atoms with van der Waals surface area (Å²) in [6, 6.07) is 6.16. The Balaban J connectivity index is 2.02. The van der Waals surface area contributed by atoms with Gasteiger partial charge in [0.25, 0.3) is 0 Å². The van der Waals surface area contributed by atoms with Gasteiger partial charge in [-0.15, -0.1) is 0 Å². The van der Waals surface area contributed by atoms with E-state index in [4.69, 9.17) is 4.98 Å². The number of pyridine rings is 1. The fourth-order valence-electron chi connectivity index (χ4n) is 3.67. The lowest BCUT2D eigenvalue weighted by Gasteiger charge is -2.50. The van der Waals surface area contributed by atoms with Crippen LogP contribution in [0, 0.1) is 18.3 Å². The summed E-state index contributed by atoms with van der Waals surface area (Å²) in [5, 5.41) is 12.9. The van der Waals surface area contributed by atoms with Crippen molar-refractivity contribution in [1.29, 1.82) is 5.26 Å². The number of aromatic nitrogens is 1. The highest BCUT2D eigenvalue weighted by atomic mass is 15.3. The van der Waals surface area contributed by atoms with Crippen molar-refractivity contribution in [3.8, 4) is 6.07 Å². The molecule has 0 radical (unpaired) electrons. The summed E-state index contributed by atoms with van der Waals surface area (Å²) >= 11 is 0. The molecule has 0 atom stereocenters. The Labute approximate surface area is 120 Å². The quantitative estimate of drug-likeness (QED) is 0.851. The van der Waals surface area contributed by atoms with Crippen molar-refractivity contribution in [2.24, 2.45) is 0 Å². The van der Waals surface area contributed by atoms with Gasteiger partial charge in [-0.2, -0.15) is 5.26 Å². The summed E-state index contributed by atoms with van der Waals surface area (Å²) in [5.74, 6) is 0.899. The molecule has 2 fully saturated rings. The van der Waals surface area contributed by atoms with E-state index in [1.165, 1.54) is 32.1 Å². The van der Waals surface area contributed by atoms with Crippen LogP contribution in [0.15, 0.2) is 12.1 Å². The first kappa shape index (κ1) is 13.4. The summed E-state index contributed by atoms with van der Waals surface area (Å²) in [6.07, 6.45) is 6.32. The predicted molar refractivity (Wildman–Crippen MR) is 79.7 cm³/mol. The van der Waals surface area contributed by atoms with Gasteiger partial charge in [-0.25, -0.2) is 4.98 Å². The maximum atomic E-state index is 9.39. The van der Waals surface area contributed by atoms with Gasteiger partial charge < -0.3 is 10.2 Å². The molecule has 1 spiro atoms. The van der Waals surface area contributed by atoms with Crippen molar-refractivity contribution < 1.29 is 0 Å². The minimum Gasteiger partial charge on any atom is -0.347 e. The molecule has 0 unspecified atom stereocenters. The molecule has 1 aromatic rings. The Bertz CT molecular complexity index is 518. The summed E-state index contributed by atoms with van der Waals surface area (Å²) in [6.45, 7) is 4.95. The van der Waals surface area contributed by atoms with E-state index < -0.39 is 0 Å². The molecule has 3 rings (SSSR count). The monoisotopic (exact) mass is 270 g/mol. The van der Waals surface area contributed by atoms with Crippen molar-refractivity contribution in [3.63, 3.8) is 0 Å². The van der Waals surface area contributed by atoms with Gasteiger partial charge in [-0.3, -0.25) is 0 Å². The maximum absolute atomic E-state index is 9.39. The number of rotatable bonds is 1. The first-order chi connectivity index (χ1) is 9.75. The molecule has 1 saturated heterocycles. The highest BCUT2D eigenvalue weighted by molar-refractivity contribution is 5.56. The number of nitrogens with one attached hydrogen (secondary N) is 1. The maximum Gasteiger partial charge on any atom is 0.147 e. The number of nitriles is 1. The lowest BCUT2D eigenvalue weighted by atomic mass is 9.79. The third-order valence-corrected chi connectivity index (χ3v) is 4.71. The SMILES string of the molecule is Cc1ccc(C#N)c(N2CCNCC23CCCCC3)n1. The van der Waals surface area contributed by atoms with E-state index in [1.54, 1.807) is 0 Å². The van der Waals surface area contributed by atoms with Gasteiger partial charge in [0.2, 0.25) is 0 Å². The molecule has 0 bridgehead atoms. The standard InChI is InChI=1S/C16H22N4/c1-13-5-6-14(11-17)15(19-13)20-10-9-18-12-16(20)7-3-2-4-8-16/h5-6,18H,2-4,7-10,12H2,1H3. The molecule has 4 nitrogen and oxygen atoms in total. The van der Waals surface area contributed by atoms with Crippen molar-refractivity contribution in [2.75, 3.05) is 24.5 Å². The van der Waals surface area contributed by atoms with Crippen LogP contribution in [0.25, 0.3) is 0 Å². The topological polar surface area (TPSA) is 52.0 Å². The first-order valence-corrected chi connectivity index (χ1v) is 7.61. The average molecular weight is 270 g/mol. The van der Waals surface area contributed by atoms with Crippen LogP contribution in [-0.4, -0.2) is 30.2 Å². The first-order valence-electron chi connectivity index (χ1n) is 7.61. The normalized spacial score (nSPS) is 21.7. The largest absolute Gasteiger partial charge is 0.347 e. The molecule has 1 aliphatic heterocycles. The summed E-state index contributed by atoms with van der Waals surface area (Å²) < 4.78 is 0. The van der Waals surface area contributed by atoms with Gasteiger partial charge in [-0.1, -0.05) is 19.3 Å². The lowest BCUT2D eigenvalue weighted by Crippen LogP contribution is -2.62. The van der Waals surface area contributed by atoms with Crippen LogP contribution in [-0.2, 0) is 0 Å². The van der Waals surface area contributed by atoms with Gasteiger partial charge in [0.15, 0.2) is 0 Å². The molecule has 106 valence electrons. The smallest absolute Gasteiger partial charge is 0.147 e. The molecule has 2 aliphatic rings. The highest BCUT2D eigenvalue weighted by Gasteiger charge is 2.41. The molecule has 4 heteroatoms. The molecule has 0 amide bonds. The van der Waals surface area contributed by atoms with Crippen LogP contribution in [0.1, 0.15) is 43.4 Å². The second-order valence-corrected chi connectivity index (χ2v) is 6.05. The van der Waals surface area contributed by atoms with Crippen LogP contribution >= 0.6 is 0 Å². The summed E-state index contributed by atoms with van der Waals surface area (Å²) in [7, 11) is 0. The second kappa shape index (κ2) is 5.41. The van der Waals surface area contributed by atoms with Crippen molar-refractivity contribution in [1.82, 2.24) is 10.3 Å². The Kier molecular flexibility index (Phi) is 3.62. The molecular formula is C16H22N4. The molecule has 1 N–H and O–H groups in total. The Morgan fingerprint density at radius 2 is 2.10 bits per heavy atom. The van der Waals surface area contributed by atoms with Gasteiger partial charge in [0.1, 0.15) is 11.9 Å². The summed E-state index contributed by atoms with van der Waals surface area (Å²) in [4.78, 5) is 7.12. The van der Waals surface area contributed by atoms with Crippen LogP contribution < -0.4 is 10.2 Å². The van der Waals surface area contributed by atoms with Crippen LogP contribution in [0.5, 0.6) is 0 Å². The Morgan fingerprint density at radius 3 is 2.85 bits per heavy atom. The summed E-state index contributed by atoms with van der Waals surface area (Å²) in [5.41, 5.74) is 1.87. The van der Waals surface area contributed by atoms with Crippen LogP contribution in [0.4, 0.5) is 5.82 Å². The zero-order chi connectivity index (χ0) is 14.0. The Morgan fingerprint density at radius 1 is 1.30 bits per heavy atom. The molecule has 2 heterocycles. The molecule has 20 heavy (non-hydrogen) atoms. The number of aryl methyl sites for hydroxylation is 1. The zero-order valence-corrected chi connectivity index (χ0v) is 12.2. The van der Waals surface area contributed by atoms with E-state index >= 15 is 0 Å². The van der Waals surface area contributed by atoms with E-state index in [2.05, 4.69) is 16.3 Å². The van der Waals surface area contributed by atoms with E-state index in [-0.39, 0.29) is 5.54 Å². The zero-order valence-electron chi connectivity index (χ0n) is 12.2. The van der Waals surface area contributed by atoms with Gasteiger partial charge in [-0.05, 0) is 31.9 Å². The highest BCUT2D eigenvalue weighted by Crippen LogP contribution is 2.38. The van der Waals surface area contributed by atoms with Gasteiger partial charge in [0.05, 0.1) is 11.1 Å². The molecular weight excluding hydrogens is 248 g/mol. The minimum atomic E-state index is 0.170. The van der Waals surface area contributed by atoms with Gasteiger partial charge >= 0.3 is 0 Å². The van der Waals surface area contributed by atoms with E-state index in [0.717, 1.165) is 31.1 Å². The third-order valence-electron chi connectivity index (χ3n) is 4.71. The van der Waals surface area contributed by atoms with E-state index in [9.17, 15) is 5.26 Å². The molecule has 1 aromatic heterocycles. The molecule has 1 saturated carbocycles. The van der Waals surface area contributed by atoms with E-state index in [0.29, 0.717) is 5.56 Å². The number of nitrogens with zero attached hydrogens (tertiary/aromatic N) is 3. The number of anilines is 1.